The van der Waals surface area contributed by atoms with E-state index in [1.54, 1.807) is 4.90 Å². The lowest BCUT2D eigenvalue weighted by Gasteiger charge is -2.32. The van der Waals surface area contributed by atoms with Gasteiger partial charge in [0.1, 0.15) is 0 Å². The number of rotatable bonds is 4. The number of urea groups is 1. The van der Waals surface area contributed by atoms with E-state index in [2.05, 4.69) is 36.5 Å². The van der Waals surface area contributed by atoms with Gasteiger partial charge in [0, 0.05) is 25.7 Å². The highest BCUT2D eigenvalue weighted by atomic mass is 16.2. The third kappa shape index (κ3) is 3.96. The molecule has 0 bridgehead atoms. The SMILES string of the molecule is CC(CNC1CCN(C(N)=O)CC1)c1ccccc1. The molecule has 0 radical (unpaired) electrons. The fourth-order valence-corrected chi connectivity index (χ4v) is 2.55. The van der Waals surface area contributed by atoms with Crippen LogP contribution in [0, 0.1) is 0 Å². The summed E-state index contributed by atoms with van der Waals surface area (Å²) in [6.45, 7) is 4.76. The van der Waals surface area contributed by atoms with Crippen molar-refractivity contribution in [1.82, 2.24) is 10.2 Å². The smallest absolute Gasteiger partial charge is 0.314 e. The molecule has 1 saturated heterocycles. The third-order valence-electron chi connectivity index (χ3n) is 3.89. The Morgan fingerprint density at radius 2 is 2.00 bits per heavy atom. The zero-order valence-electron chi connectivity index (χ0n) is 11.5. The molecule has 19 heavy (non-hydrogen) atoms. The van der Waals surface area contributed by atoms with Crippen LogP contribution in [0.4, 0.5) is 4.79 Å². The number of amides is 2. The standard InChI is InChI=1S/C15H23N3O/c1-12(13-5-3-2-4-6-13)11-17-14-7-9-18(10-8-14)15(16)19/h2-6,12,14,17H,7-11H2,1H3,(H2,16,19). The van der Waals surface area contributed by atoms with Crippen molar-refractivity contribution in [3.05, 3.63) is 35.9 Å². The molecule has 0 spiro atoms. The zero-order valence-corrected chi connectivity index (χ0v) is 11.5. The summed E-state index contributed by atoms with van der Waals surface area (Å²) in [7, 11) is 0. The Hall–Kier alpha value is -1.55. The lowest BCUT2D eigenvalue weighted by molar-refractivity contribution is 0.185. The van der Waals surface area contributed by atoms with Crippen molar-refractivity contribution in [3.63, 3.8) is 0 Å². The summed E-state index contributed by atoms with van der Waals surface area (Å²) in [6, 6.07) is 10.7. The fourth-order valence-electron chi connectivity index (χ4n) is 2.55. The average Bonchev–Trinajstić information content (AvgIpc) is 2.46. The van der Waals surface area contributed by atoms with Crippen LogP contribution in [0.1, 0.15) is 31.2 Å². The number of primary amides is 1. The highest BCUT2D eigenvalue weighted by molar-refractivity contribution is 5.72. The van der Waals surface area contributed by atoms with Crippen LogP contribution in [-0.4, -0.2) is 36.6 Å². The van der Waals surface area contributed by atoms with Crippen LogP contribution in [0.2, 0.25) is 0 Å². The molecule has 4 heteroatoms. The van der Waals surface area contributed by atoms with E-state index in [1.807, 2.05) is 6.07 Å². The molecule has 2 rings (SSSR count). The first-order valence-corrected chi connectivity index (χ1v) is 6.99. The molecule has 1 heterocycles. The number of carbonyl (C=O) groups is 1. The van der Waals surface area contributed by atoms with Crippen LogP contribution < -0.4 is 11.1 Å². The minimum Gasteiger partial charge on any atom is -0.351 e. The highest BCUT2D eigenvalue weighted by Gasteiger charge is 2.21. The van der Waals surface area contributed by atoms with E-state index in [9.17, 15) is 4.79 Å². The monoisotopic (exact) mass is 261 g/mol. The predicted octanol–water partition coefficient (Wildman–Crippen LogP) is 1.92. The van der Waals surface area contributed by atoms with E-state index in [0.29, 0.717) is 12.0 Å². The van der Waals surface area contributed by atoms with Gasteiger partial charge in [-0.2, -0.15) is 0 Å². The highest BCUT2D eigenvalue weighted by Crippen LogP contribution is 2.15. The molecule has 1 aromatic carbocycles. The molecule has 1 atom stereocenters. The maximum atomic E-state index is 11.0. The van der Waals surface area contributed by atoms with Crippen LogP contribution in [0.15, 0.2) is 30.3 Å². The Labute approximate surface area is 115 Å². The second-order valence-electron chi connectivity index (χ2n) is 5.32. The van der Waals surface area contributed by atoms with Gasteiger partial charge in [-0.15, -0.1) is 0 Å². The number of nitrogens with one attached hydrogen (secondary N) is 1. The molecular weight excluding hydrogens is 238 g/mol. The van der Waals surface area contributed by atoms with Crippen LogP contribution >= 0.6 is 0 Å². The minimum atomic E-state index is -0.295. The van der Waals surface area contributed by atoms with E-state index < -0.39 is 0 Å². The number of hydrogen-bond donors (Lipinski definition) is 2. The van der Waals surface area contributed by atoms with Crippen molar-refractivity contribution in [2.45, 2.75) is 31.7 Å². The maximum Gasteiger partial charge on any atom is 0.314 e. The molecular formula is C15H23N3O. The molecule has 1 fully saturated rings. The molecule has 0 saturated carbocycles. The molecule has 0 aliphatic carbocycles. The summed E-state index contributed by atoms with van der Waals surface area (Å²) in [6.07, 6.45) is 1.98. The van der Waals surface area contributed by atoms with Crippen LogP contribution in [-0.2, 0) is 0 Å². The van der Waals surface area contributed by atoms with Crippen molar-refractivity contribution in [1.29, 1.82) is 0 Å². The van der Waals surface area contributed by atoms with Crippen LogP contribution in [0.5, 0.6) is 0 Å². The van der Waals surface area contributed by atoms with Crippen LogP contribution in [0.3, 0.4) is 0 Å². The number of benzene rings is 1. The van der Waals surface area contributed by atoms with Gasteiger partial charge in [-0.3, -0.25) is 0 Å². The summed E-state index contributed by atoms with van der Waals surface area (Å²) in [4.78, 5) is 12.8. The second kappa shape index (κ2) is 6.57. The zero-order chi connectivity index (χ0) is 13.7. The number of piperidine rings is 1. The van der Waals surface area contributed by atoms with Crippen molar-refractivity contribution in [2.24, 2.45) is 5.73 Å². The summed E-state index contributed by atoms with van der Waals surface area (Å²) < 4.78 is 0. The fraction of sp³-hybridized carbons (Fsp3) is 0.533. The van der Waals surface area contributed by atoms with Gasteiger partial charge in [0.2, 0.25) is 0 Å². The van der Waals surface area contributed by atoms with Gasteiger partial charge in [0.15, 0.2) is 0 Å². The van der Waals surface area contributed by atoms with E-state index >= 15 is 0 Å². The van der Waals surface area contributed by atoms with Crippen molar-refractivity contribution in [2.75, 3.05) is 19.6 Å². The lowest BCUT2D eigenvalue weighted by Crippen LogP contribution is -2.47. The summed E-state index contributed by atoms with van der Waals surface area (Å²) in [5, 5.41) is 3.60. The Morgan fingerprint density at radius 1 is 1.37 bits per heavy atom. The minimum absolute atomic E-state index is 0.295. The molecule has 1 aromatic rings. The van der Waals surface area contributed by atoms with Crippen molar-refractivity contribution >= 4 is 6.03 Å². The topological polar surface area (TPSA) is 58.4 Å². The van der Waals surface area contributed by atoms with Gasteiger partial charge in [0.25, 0.3) is 0 Å². The van der Waals surface area contributed by atoms with Gasteiger partial charge < -0.3 is 16.0 Å². The van der Waals surface area contributed by atoms with Gasteiger partial charge in [0.05, 0.1) is 0 Å². The Morgan fingerprint density at radius 3 is 2.58 bits per heavy atom. The Kier molecular flexibility index (Phi) is 4.80. The number of nitrogens with zero attached hydrogens (tertiary/aromatic N) is 1. The molecule has 104 valence electrons. The summed E-state index contributed by atoms with van der Waals surface area (Å²) in [5.41, 5.74) is 6.64. The number of hydrogen-bond acceptors (Lipinski definition) is 2. The average molecular weight is 261 g/mol. The molecule has 1 aliphatic rings. The quantitative estimate of drug-likeness (QED) is 0.870. The van der Waals surface area contributed by atoms with Crippen LogP contribution in [0.25, 0.3) is 0 Å². The first kappa shape index (κ1) is 13.9. The van der Waals surface area contributed by atoms with E-state index in [4.69, 9.17) is 5.73 Å². The van der Waals surface area contributed by atoms with Gasteiger partial charge in [-0.05, 0) is 24.3 Å². The van der Waals surface area contributed by atoms with E-state index in [0.717, 1.165) is 32.5 Å². The molecule has 3 N–H and O–H groups in total. The number of likely N-dealkylation sites (tertiary alicyclic amines) is 1. The van der Waals surface area contributed by atoms with E-state index in [-0.39, 0.29) is 6.03 Å². The molecule has 2 amide bonds. The van der Waals surface area contributed by atoms with Gasteiger partial charge in [-0.25, -0.2) is 4.79 Å². The van der Waals surface area contributed by atoms with Crippen molar-refractivity contribution < 1.29 is 4.79 Å². The maximum absolute atomic E-state index is 11.0. The van der Waals surface area contributed by atoms with Crippen molar-refractivity contribution in [3.8, 4) is 0 Å². The number of nitrogens with two attached hydrogens (primary N) is 1. The normalized spacial score (nSPS) is 18.3. The third-order valence-corrected chi connectivity index (χ3v) is 3.89. The largest absolute Gasteiger partial charge is 0.351 e. The Bertz CT molecular complexity index is 399. The summed E-state index contributed by atoms with van der Waals surface area (Å²) >= 11 is 0. The molecule has 1 aliphatic heterocycles. The van der Waals surface area contributed by atoms with Gasteiger partial charge >= 0.3 is 6.03 Å². The first-order valence-electron chi connectivity index (χ1n) is 6.99. The molecule has 1 unspecified atom stereocenters. The molecule has 0 aromatic heterocycles. The molecule has 4 nitrogen and oxygen atoms in total. The Balaban J connectivity index is 1.73. The van der Waals surface area contributed by atoms with E-state index in [1.165, 1.54) is 5.56 Å². The lowest BCUT2D eigenvalue weighted by atomic mass is 9.99. The predicted molar refractivity (Wildman–Crippen MR) is 77.0 cm³/mol. The first-order chi connectivity index (χ1) is 9.16. The van der Waals surface area contributed by atoms with Gasteiger partial charge in [-0.1, -0.05) is 37.3 Å². The summed E-state index contributed by atoms with van der Waals surface area (Å²) in [5.74, 6) is 0.510. The second-order valence-corrected chi connectivity index (χ2v) is 5.32. The number of carbonyl (C=O) groups excluding carboxylic acids is 1.